The molecule has 0 saturated heterocycles. The number of ether oxygens (including phenoxy) is 1. The van der Waals surface area contributed by atoms with E-state index in [4.69, 9.17) is 4.74 Å². The average molecular weight is 431 g/mol. The van der Waals surface area contributed by atoms with Gasteiger partial charge in [0.15, 0.2) is 6.10 Å². The molecule has 5 heteroatoms. The molecule has 2 unspecified atom stereocenters. The minimum atomic E-state index is -0.678. The Balaban J connectivity index is 1.69. The number of nitrogens with one attached hydrogen (secondary N) is 2. The molecule has 32 heavy (non-hydrogen) atoms. The van der Waals surface area contributed by atoms with E-state index in [0.717, 1.165) is 17.5 Å². The maximum absolute atomic E-state index is 12.9. The Labute approximate surface area is 189 Å². The SMILES string of the molecule is CCC(C)NC(=O)c1ccccc1NC(=O)C(CC)Oc1ccc(-c2ccccc2)cc1. The molecular formula is C27H30N2O3. The molecular weight excluding hydrogens is 400 g/mol. The zero-order valence-electron chi connectivity index (χ0n) is 18.8. The van der Waals surface area contributed by atoms with Gasteiger partial charge in [-0.15, -0.1) is 0 Å². The second-order valence-corrected chi connectivity index (χ2v) is 7.72. The Morgan fingerprint density at radius 3 is 2.09 bits per heavy atom. The number of hydrogen-bond donors (Lipinski definition) is 2. The minimum absolute atomic E-state index is 0.0526. The molecule has 0 aromatic heterocycles. The van der Waals surface area contributed by atoms with E-state index in [1.165, 1.54) is 0 Å². The third-order valence-corrected chi connectivity index (χ3v) is 5.32. The fraction of sp³-hybridized carbons (Fsp3) is 0.259. The Morgan fingerprint density at radius 1 is 0.812 bits per heavy atom. The second-order valence-electron chi connectivity index (χ2n) is 7.72. The van der Waals surface area contributed by atoms with E-state index < -0.39 is 6.10 Å². The van der Waals surface area contributed by atoms with Crippen molar-refractivity contribution in [3.63, 3.8) is 0 Å². The molecule has 5 nitrogen and oxygen atoms in total. The summed E-state index contributed by atoms with van der Waals surface area (Å²) in [6.45, 7) is 5.85. The fourth-order valence-corrected chi connectivity index (χ4v) is 3.25. The zero-order valence-corrected chi connectivity index (χ0v) is 18.8. The quantitative estimate of drug-likeness (QED) is 0.459. The molecule has 2 atom stereocenters. The van der Waals surface area contributed by atoms with Crippen LogP contribution in [0.4, 0.5) is 5.69 Å². The molecule has 2 N–H and O–H groups in total. The smallest absolute Gasteiger partial charge is 0.265 e. The van der Waals surface area contributed by atoms with E-state index in [1.54, 1.807) is 24.3 Å². The highest BCUT2D eigenvalue weighted by molar-refractivity contribution is 6.04. The van der Waals surface area contributed by atoms with Crippen molar-refractivity contribution in [3.05, 3.63) is 84.4 Å². The van der Waals surface area contributed by atoms with Crippen molar-refractivity contribution in [1.82, 2.24) is 5.32 Å². The van der Waals surface area contributed by atoms with Crippen molar-refractivity contribution >= 4 is 17.5 Å². The van der Waals surface area contributed by atoms with Gasteiger partial charge in [-0.05, 0) is 55.2 Å². The number of anilines is 1. The predicted octanol–water partition coefficient (Wildman–Crippen LogP) is 5.68. The normalized spacial score (nSPS) is 12.5. The lowest BCUT2D eigenvalue weighted by molar-refractivity contribution is -0.122. The van der Waals surface area contributed by atoms with Crippen LogP contribution in [0.5, 0.6) is 5.75 Å². The van der Waals surface area contributed by atoms with Crippen LogP contribution in [-0.4, -0.2) is 24.0 Å². The predicted molar refractivity (Wildman–Crippen MR) is 129 cm³/mol. The molecule has 166 valence electrons. The maximum atomic E-state index is 12.9. The summed E-state index contributed by atoms with van der Waals surface area (Å²) in [5.74, 6) is 0.124. The van der Waals surface area contributed by atoms with Crippen LogP contribution in [0.3, 0.4) is 0 Å². The van der Waals surface area contributed by atoms with Crippen LogP contribution in [0.2, 0.25) is 0 Å². The highest BCUT2D eigenvalue weighted by Gasteiger charge is 2.21. The van der Waals surface area contributed by atoms with Gasteiger partial charge in [-0.1, -0.05) is 68.4 Å². The van der Waals surface area contributed by atoms with Crippen LogP contribution in [-0.2, 0) is 4.79 Å². The first-order valence-corrected chi connectivity index (χ1v) is 11.0. The zero-order chi connectivity index (χ0) is 22.9. The van der Waals surface area contributed by atoms with Crippen molar-refractivity contribution in [1.29, 1.82) is 0 Å². The Morgan fingerprint density at radius 2 is 1.44 bits per heavy atom. The standard InChI is InChI=1S/C27H30N2O3/c1-4-19(3)28-26(30)23-13-9-10-14-24(23)29-27(31)25(5-2)32-22-17-15-21(16-18-22)20-11-7-6-8-12-20/h6-19,25H,4-5H2,1-3H3,(H,28,30)(H,29,31). The third-order valence-electron chi connectivity index (χ3n) is 5.32. The Bertz CT molecular complexity index is 1030. The minimum Gasteiger partial charge on any atom is -0.481 e. The molecule has 0 aliphatic rings. The van der Waals surface area contributed by atoms with Gasteiger partial charge in [0.1, 0.15) is 5.75 Å². The van der Waals surface area contributed by atoms with Crippen LogP contribution in [0.15, 0.2) is 78.9 Å². The van der Waals surface area contributed by atoms with Gasteiger partial charge in [0.25, 0.3) is 11.8 Å². The molecule has 2 amide bonds. The van der Waals surface area contributed by atoms with Gasteiger partial charge in [0.2, 0.25) is 0 Å². The topological polar surface area (TPSA) is 67.4 Å². The van der Waals surface area contributed by atoms with E-state index in [2.05, 4.69) is 10.6 Å². The van der Waals surface area contributed by atoms with Gasteiger partial charge in [-0.25, -0.2) is 0 Å². The van der Waals surface area contributed by atoms with Crippen LogP contribution in [0.1, 0.15) is 44.0 Å². The monoisotopic (exact) mass is 430 g/mol. The van der Waals surface area contributed by atoms with Gasteiger partial charge in [-0.2, -0.15) is 0 Å². The molecule has 0 fully saturated rings. The summed E-state index contributed by atoms with van der Waals surface area (Å²) in [7, 11) is 0. The number of carbonyl (C=O) groups is 2. The summed E-state index contributed by atoms with van der Waals surface area (Å²) < 4.78 is 5.96. The van der Waals surface area contributed by atoms with Crippen molar-refractivity contribution < 1.29 is 14.3 Å². The number of carbonyl (C=O) groups excluding carboxylic acids is 2. The summed E-state index contributed by atoms with van der Waals surface area (Å²) >= 11 is 0. The Kier molecular flexibility index (Phi) is 8.03. The van der Waals surface area contributed by atoms with Gasteiger partial charge in [0, 0.05) is 6.04 Å². The third kappa shape index (κ3) is 5.97. The largest absolute Gasteiger partial charge is 0.481 e. The molecule has 0 bridgehead atoms. The molecule has 3 rings (SSSR count). The fourth-order valence-electron chi connectivity index (χ4n) is 3.25. The molecule has 0 radical (unpaired) electrons. The molecule has 0 heterocycles. The number of amides is 2. The first-order chi connectivity index (χ1) is 15.5. The molecule has 0 saturated carbocycles. The average Bonchev–Trinajstić information content (AvgIpc) is 2.83. The maximum Gasteiger partial charge on any atom is 0.265 e. The highest BCUT2D eigenvalue weighted by Crippen LogP contribution is 2.23. The summed E-state index contributed by atoms with van der Waals surface area (Å²) in [6.07, 6.45) is 0.644. The first-order valence-electron chi connectivity index (χ1n) is 11.0. The summed E-state index contributed by atoms with van der Waals surface area (Å²) in [6, 6.07) is 24.8. The first kappa shape index (κ1) is 23.1. The summed E-state index contributed by atoms with van der Waals surface area (Å²) in [4.78, 5) is 25.5. The van der Waals surface area contributed by atoms with Gasteiger partial charge in [-0.3, -0.25) is 9.59 Å². The van der Waals surface area contributed by atoms with Crippen molar-refractivity contribution in [3.8, 4) is 16.9 Å². The number of para-hydroxylation sites is 1. The van der Waals surface area contributed by atoms with E-state index >= 15 is 0 Å². The molecule has 0 spiro atoms. The summed E-state index contributed by atoms with van der Waals surface area (Å²) in [5, 5.41) is 5.81. The lowest BCUT2D eigenvalue weighted by Gasteiger charge is -2.19. The number of hydrogen-bond acceptors (Lipinski definition) is 3. The number of benzene rings is 3. The van der Waals surface area contributed by atoms with Crippen LogP contribution in [0, 0.1) is 0 Å². The highest BCUT2D eigenvalue weighted by atomic mass is 16.5. The Hall–Kier alpha value is -3.60. The van der Waals surface area contributed by atoms with Crippen LogP contribution < -0.4 is 15.4 Å². The lowest BCUT2D eigenvalue weighted by atomic mass is 10.1. The second kappa shape index (κ2) is 11.1. The van der Waals surface area contributed by atoms with Crippen molar-refractivity contribution in [2.24, 2.45) is 0 Å². The van der Waals surface area contributed by atoms with Crippen molar-refractivity contribution in [2.75, 3.05) is 5.32 Å². The van der Waals surface area contributed by atoms with E-state index in [1.807, 2.05) is 75.4 Å². The lowest BCUT2D eigenvalue weighted by Crippen LogP contribution is -2.35. The molecule has 3 aromatic carbocycles. The molecule has 0 aliphatic carbocycles. The van der Waals surface area contributed by atoms with E-state index in [9.17, 15) is 9.59 Å². The van der Waals surface area contributed by atoms with Gasteiger partial charge >= 0.3 is 0 Å². The van der Waals surface area contributed by atoms with Gasteiger partial charge in [0.05, 0.1) is 11.3 Å². The van der Waals surface area contributed by atoms with E-state index in [-0.39, 0.29) is 17.9 Å². The molecule has 3 aromatic rings. The van der Waals surface area contributed by atoms with Crippen LogP contribution >= 0.6 is 0 Å². The van der Waals surface area contributed by atoms with E-state index in [0.29, 0.717) is 23.4 Å². The van der Waals surface area contributed by atoms with Crippen molar-refractivity contribution in [2.45, 2.75) is 45.8 Å². The van der Waals surface area contributed by atoms with Crippen LogP contribution in [0.25, 0.3) is 11.1 Å². The number of rotatable bonds is 9. The van der Waals surface area contributed by atoms with Gasteiger partial charge < -0.3 is 15.4 Å². The summed E-state index contributed by atoms with van der Waals surface area (Å²) in [5.41, 5.74) is 3.11. The molecule has 0 aliphatic heterocycles.